The Morgan fingerprint density at radius 3 is 2.56 bits per heavy atom. The lowest BCUT2D eigenvalue weighted by Crippen LogP contribution is -2.16. The standard InChI is InChI=1S/C27H22F2N2O2S/c1-3-34-30-19-8-11-25(33-26-10-7-18(28)13-24(26)29)21(14-19)23-15-31(2)27(32)22-12-17(16-4-5-16)6-9-20(22)23/h3,6-16,30H,1,4-5H2,2H3. The van der Waals surface area contributed by atoms with Gasteiger partial charge in [-0.2, -0.15) is 0 Å². The minimum atomic E-state index is -0.797. The zero-order chi connectivity index (χ0) is 23.8. The summed E-state index contributed by atoms with van der Waals surface area (Å²) in [6.07, 6.45) is 4.04. The number of fused-ring (bicyclic) bond motifs is 1. The number of halogens is 2. The van der Waals surface area contributed by atoms with Crippen molar-refractivity contribution in [2.24, 2.45) is 7.05 Å². The number of ether oxygens (including phenoxy) is 1. The minimum Gasteiger partial charge on any atom is -0.454 e. The molecule has 0 spiro atoms. The number of aryl methyl sites for hydroxylation is 1. The van der Waals surface area contributed by atoms with E-state index in [9.17, 15) is 13.6 Å². The van der Waals surface area contributed by atoms with Gasteiger partial charge in [-0.1, -0.05) is 18.7 Å². The molecule has 1 saturated carbocycles. The van der Waals surface area contributed by atoms with Crippen molar-refractivity contribution in [3.8, 4) is 22.6 Å². The molecule has 0 unspecified atom stereocenters. The Hall–Kier alpha value is -3.58. The lowest BCUT2D eigenvalue weighted by molar-refractivity contribution is 0.439. The van der Waals surface area contributed by atoms with Crippen molar-refractivity contribution in [3.05, 3.63) is 100 Å². The van der Waals surface area contributed by atoms with Gasteiger partial charge in [-0.3, -0.25) is 4.79 Å². The third kappa shape index (κ3) is 4.31. The molecule has 1 fully saturated rings. The second-order valence-electron chi connectivity index (χ2n) is 8.31. The van der Waals surface area contributed by atoms with Gasteiger partial charge in [0.2, 0.25) is 0 Å². The summed E-state index contributed by atoms with van der Waals surface area (Å²) in [6.45, 7) is 3.70. The largest absolute Gasteiger partial charge is 0.454 e. The summed E-state index contributed by atoms with van der Waals surface area (Å²) < 4.78 is 38.4. The van der Waals surface area contributed by atoms with Gasteiger partial charge in [0.1, 0.15) is 11.6 Å². The van der Waals surface area contributed by atoms with Crippen LogP contribution in [-0.4, -0.2) is 4.57 Å². The fourth-order valence-electron chi connectivity index (χ4n) is 4.05. The van der Waals surface area contributed by atoms with E-state index in [0.29, 0.717) is 22.6 Å². The van der Waals surface area contributed by atoms with E-state index in [0.717, 1.165) is 41.6 Å². The molecule has 3 aromatic carbocycles. The number of benzene rings is 3. The highest BCUT2D eigenvalue weighted by Gasteiger charge is 2.24. The van der Waals surface area contributed by atoms with Crippen molar-refractivity contribution in [1.82, 2.24) is 4.57 Å². The van der Waals surface area contributed by atoms with Crippen molar-refractivity contribution in [2.45, 2.75) is 18.8 Å². The van der Waals surface area contributed by atoms with E-state index in [4.69, 9.17) is 4.74 Å². The van der Waals surface area contributed by atoms with Crippen molar-refractivity contribution < 1.29 is 13.5 Å². The third-order valence-corrected chi connectivity index (χ3v) is 6.42. The van der Waals surface area contributed by atoms with Gasteiger partial charge < -0.3 is 14.0 Å². The Morgan fingerprint density at radius 1 is 1.03 bits per heavy atom. The maximum absolute atomic E-state index is 14.4. The molecular weight excluding hydrogens is 454 g/mol. The van der Waals surface area contributed by atoms with Crippen LogP contribution in [0.5, 0.6) is 11.5 Å². The van der Waals surface area contributed by atoms with Crippen LogP contribution >= 0.6 is 11.9 Å². The van der Waals surface area contributed by atoms with Crippen LogP contribution in [0.4, 0.5) is 14.5 Å². The molecule has 34 heavy (non-hydrogen) atoms. The van der Waals surface area contributed by atoms with E-state index < -0.39 is 11.6 Å². The van der Waals surface area contributed by atoms with E-state index in [1.165, 1.54) is 23.6 Å². The van der Waals surface area contributed by atoms with Gasteiger partial charge >= 0.3 is 0 Å². The number of aromatic nitrogens is 1. The normalized spacial score (nSPS) is 13.1. The Morgan fingerprint density at radius 2 is 1.82 bits per heavy atom. The van der Waals surface area contributed by atoms with Gasteiger partial charge in [0.05, 0.1) is 0 Å². The molecule has 5 rings (SSSR count). The molecule has 4 nitrogen and oxygen atoms in total. The average molecular weight is 477 g/mol. The number of pyridine rings is 1. The predicted molar refractivity (Wildman–Crippen MR) is 134 cm³/mol. The third-order valence-electron chi connectivity index (χ3n) is 5.90. The summed E-state index contributed by atoms with van der Waals surface area (Å²) in [6, 6.07) is 14.6. The molecule has 0 aliphatic heterocycles. The topological polar surface area (TPSA) is 43.3 Å². The van der Waals surface area contributed by atoms with Crippen LogP contribution in [0.2, 0.25) is 0 Å². The zero-order valence-corrected chi connectivity index (χ0v) is 19.3. The summed E-state index contributed by atoms with van der Waals surface area (Å²) in [5.74, 6) is -0.669. The quantitative estimate of drug-likeness (QED) is 0.283. The molecule has 1 N–H and O–H groups in total. The fraction of sp³-hybridized carbons (Fsp3) is 0.148. The maximum atomic E-state index is 14.4. The summed E-state index contributed by atoms with van der Waals surface area (Å²) in [4.78, 5) is 13.0. The zero-order valence-electron chi connectivity index (χ0n) is 18.5. The van der Waals surface area contributed by atoms with E-state index in [1.807, 2.05) is 18.2 Å². The van der Waals surface area contributed by atoms with Crippen molar-refractivity contribution in [2.75, 3.05) is 4.72 Å². The average Bonchev–Trinajstić information content (AvgIpc) is 3.68. The second-order valence-corrected chi connectivity index (χ2v) is 9.09. The number of hydrogen-bond acceptors (Lipinski definition) is 4. The van der Waals surface area contributed by atoms with Gasteiger partial charge in [0.25, 0.3) is 5.56 Å². The van der Waals surface area contributed by atoms with Gasteiger partial charge in [-0.05, 0) is 83.5 Å². The number of nitrogens with one attached hydrogen (secondary N) is 1. The highest BCUT2D eigenvalue weighted by atomic mass is 32.2. The molecule has 1 aliphatic carbocycles. The van der Waals surface area contributed by atoms with E-state index in [2.05, 4.69) is 17.4 Å². The van der Waals surface area contributed by atoms with Crippen LogP contribution in [0, 0.1) is 11.6 Å². The van der Waals surface area contributed by atoms with Crippen LogP contribution in [-0.2, 0) is 7.05 Å². The molecule has 1 aromatic heterocycles. The minimum absolute atomic E-state index is 0.0789. The highest BCUT2D eigenvalue weighted by Crippen LogP contribution is 2.43. The Balaban J connectivity index is 1.70. The smallest absolute Gasteiger partial charge is 0.258 e. The molecular formula is C27H22F2N2O2S. The molecule has 0 saturated heterocycles. The highest BCUT2D eigenvalue weighted by molar-refractivity contribution is 8.03. The maximum Gasteiger partial charge on any atom is 0.258 e. The van der Waals surface area contributed by atoms with E-state index in [-0.39, 0.29) is 11.3 Å². The summed E-state index contributed by atoms with van der Waals surface area (Å²) in [7, 11) is 1.71. The molecule has 1 aliphatic rings. The van der Waals surface area contributed by atoms with E-state index in [1.54, 1.807) is 35.4 Å². The van der Waals surface area contributed by atoms with Crippen LogP contribution < -0.4 is 15.0 Å². The predicted octanol–water partition coefficient (Wildman–Crippen LogP) is 7.36. The van der Waals surface area contributed by atoms with Gasteiger partial charge in [0.15, 0.2) is 11.6 Å². The van der Waals surface area contributed by atoms with Crippen LogP contribution in [0.15, 0.2) is 77.6 Å². The molecule has 0 amide bonds. The molecule has 172 valence electrons. The monoisotopic (exact) mass is 476 g/mol. The van der Waals surface area contributed by atoms with Gasteiger partial charge in [0, 0.05) is 41.5 Å². The van der Waals surface area contributed by atoms with Gasteiger partial charge in [-0.15, -0.1) is 0 Å². The molecule has 0 atom stereocenters. The Kier molecular flexibility index (Phi) is 5.87. The first-order chi connectivity index (χ1) is 16.4. The van der Waals surface area contributed by atoms with Crippen LogP contribution in [0.3, 0.4) is 0 Å². The molecule has 4 aromatic rings. The lowest BCUT2D eigenvalue weighted by Gasteiger charge is -2.17. The first-order valence-electron chi connectivity index (χ1n) is 10.9. The summed E-state index contributed by atoms with van der Waals surface area (Å²) >= 11 is 1.32. The van der Waals surface area contributed by atoms with Gasteiger partial charge in [-0.25, -0.2) is 8.78 Å². The van der Waals surface area contributed by atoms with Crippen molar-refractivity contribution in [1.29, 1.82) is 0 Å². The first-order valence-corrected chi connectivity index (χ1v) is 11.8. The molecule has 0 bridgehead atoms. The molecule has 1 heterocycles. The summed E-state index contributed by atoms with van der Waals surface area (Å²) in [5.41, 5.74) is 3.31. The first kappa shape index (κ1) is 22.2. The van der Waals surface area contributed by atoms with E-state index >= 15 is 0 Å². The Labute approximate surface area is 200 Å². The van der Waals surface area contributed by atoms with Crippen LogP contribution in [0.25, 0.3) is 21.9 Å². The SMILES string of the molecule is C=CSNc1ccc(Oc2ccc(F)cc2F)c(-c2cn(C)c(=O)c3cc(C4CC4)ccc23)c1. The Bertz CT molecular complexity index is 1480. The summed E-state index contributed by atoms with van der Waals surface area (Å²) in [5, 5.41) is 3.08. The second kappa shape index (κ2) is 8.99. The lowest BCUT2D eigenvalue weighted by atomic mass is 9.97. The molecule has 7 heteroatoms. The van der Waals surface area contributed by atoms with Crippen molar-refractivity contribution >= 4 is 28.4 Å². The number of rotatable bonds is 7. The van der Waals surface area contributed by atoms with Crippen LogP contribution in [0.1, 0.15) is 24.3 Å². The number of nitrogens with zero attached hydrogens (tertiary/aromatic N) is 1. The fourth-order valence-corrected chi connectivity index (χ4v) is 4.40. The van der Waals surface area contributed by atoms with Crippen molar-refractivity contribution in [3.63, 3.8) is 0 Å². The number of anilines is 1. The number of hydrogen-bond donors (Lipinski definition) is 1. The molecule has 0 radical (unpaired) electrons.